The maximum absolute atomic E-state index is 13.6. The summed E-state index contributed by atoms with van der Waals surface area (Å²) in [5.41, 5.74) is 2.14. The van der Waals surface area contributed by atoms with Crippen LogP contribution in [0.4, 0.5) is 5.69 Å². The zero-order valence-electron chi connectivity index (χ0n) is 19.7. The number of methoxy groups -OCH3 is 1. The number of hydrogen-bond acceptors (Lipinski definition) is 6. The molecule has 9 heteroatoms. The van der Waals surface area contributed by atoms with Crippen LogP contribution in [-0.2, 0) is 20.7 Å². The number of anilines is 1. The molecular weight excluding hydrogens is 424 g/mol. The Bertz CT molecular complexity index is 914. The van der Waals surface area contributed by atoms with Gasteiger partial charge in [0.1, 0.15) is 5.75 Å². The van der Waals surface area contributed by atoms with Crippen LogP contribution in [0.3, 0.4) is 0 Å². The number of hydrogen-bond donors (Lipinski definition) is 2. The van der Waals surface area contributed by atoms with E-state index in [9.17, 15) is 14.4 Å². The predicted molar refractivity (Wildman–Crippen MR) is 124 cm³/mol. The number of amides is 3. The highest BCUT2D eigenvalue weighted by Gasteiger charge is 2.39. The maximum Gasteiger partial charge on any atom is 0.270 e. The Kier molecular flexibility index (Phi) is 7.19. The third kappa shape index (κ3) is 4.70. The molecule has 0 bridgehead atoms. The highest BCUT2D eigenvalue weighted by molar-refractivity contribution is 6.04. The first-order valence-electron chi connectivity index (χ1n) is 11.9. The van der Waals surface area contributed by atoms with Gasteiger partial charge in [0.25, 0.3) is 11.8 Å². The minimum atomic E-state index is -0.760. The second-order valence-electron chi connectivity index (χ2n) is 9.00. The van der Waals surface area contributed by atoms with Crippen LogP contribution >= 0.6 is 0 Å². The van der Waals surface area contributed by atoms with Crippen molar-refractivity contribution in [3.63, 3.8) is 0 Å². The van der Waals surface area contributed by atoms with Gasteiger partial charge in [-0.05, 0) is 50.4 Å². The van der Waals surface area contributed by atoms with E-state index < -0.39 is 6.10 Å². The molecule has 0 saturated carbocycles. The Morgan fingerprint density at radius 2 is 2.15 bits per heavy atom. The lowest BCUT2D eigenvalue weighted by molar-refractivity contribution is -0.129. The van der Waals surface area contributed by atoms with Crippen LogP contribution < -0.4 is 20.3 Å². The number of ether oxygens (including phenoxy) is 2. The van der Waals surface area contributed by atoms with Gasteiger partial charge in [0, 0.05) is 50.8 Å². The van der Waals surface area contributed by atoms with Crippen LogP contribution in [0.2, 0.25) is 0 Å². The average molecular weight is 459 g/mol. The molecule has 180 valence electrons. The lowest BCUT2D eigenvalue weighted by Gasteiger charge is -2.43. The summed E-state index contributed by atoms with van der Waals surface area (Å²) >= 11 is 0. The molecule has 1 aromatic rings. The van der Waals surface area contributed by atoms with Gasteiger partial charge in [-0.2, -0.15) is 0 Å². The summed E-state index contributed by atoms with van der Waals surface area (Å²) in [4.78, 5) is 42.0. The molecule has 1 saturated heterocycles. The molecule has 3 unspecified atom stereocenters. The van der Waals surface area contributed by atoms with Gasteiger partial charge in [-0.15, -0.1) is 0 Å². The Hall–Kier alpha value is -2.65. The summed E-state index contributed by atoms with van der Waals surface area (Å²) in [6, 6.07) is 3.97. The molecule has 1 fully saturated rings. The third-order valence-electron chi connectivity index (χ3n) is 6.70. The Balaban J connectivity index is 1.65. The molecular formula is C24H34N4O5. The van der Waals surface area contributed by atoms with Gasteiger partial charge in [-0.1, -0.05) is 6.92 Å². The van der Waals surface area contributed by atoms with Gasteiger partial charge in [-0.25, -0.2) is 0 Å². The normalized spacial score (nSPS) is 24.8. The van der Waals surface area contributed by atoms with E-state index in [1.807, 2.05) is 11.0 Å². The average Bonchev–Trinajstić information content (AvgIpc) is 2.81. The van der Waals surface area contributed by atoms with Crippen molar-refractivity contribution < 1.29 is 23.9 Å². The van der Waals surface area contributed by atoms with Crippen molar-refractivity contribution in [2.24, 2.45) is 0 Å². The van der Waals surface area contributed by atoms with Crippen molar-refractivity contribution in [1.29, 1.82) is 0 Å². The van der Waals surface area contributed by atoms with Crippen molar-refractivity contribution in [1.82, 2.24) is 15.5 Å². The van der Waals surface area contributed by atoms with Crippen LogP contribution in [0.1, 0.15) is 49.0 Å². The molecule has 3 heterocycles. The predicted octanol–water partition coefficient (Wildman–Crippen LogP) is 1.09. The van der Waals surface area contributed by atoms with E-state index >= 15 is 0 Å². The van der Waals surface area contributed by atoms with E-state index in [-0.39, 0.29) is 36.4 Å². The monoisotopic (exact) mass is 458 g/mol. The van der Waals surface area contributed by atoms with Gasteiger partial charge < -0.3 is 29.9 Å². The minimum absolute atomic E-state index is 0.00551. The fourth-order valence-electron chi connectivity index (χ4n) is 5.05. The number of fused-ring (bicyclic) bond motifs is 2. The zero-order valence-corrected chi connectivity index (χ0v) is 19.7. The molecule has 33 heavy (non-hydrogen) atoms. The van der Waals surface area contributed by atoms with Crippen molar-refractivity contribution in [2.75, 3.05) is 44.8 Å². The number of carbonyl (C=O) groups excluding carboxylic acids is 3. The highest BCUT2D eigenvalue weighted by atomic mass is 16.5. The van der Waals surface area contributed by atoms with Gasteiger partial charge in [0.15, 0.2) is 0 Å². The van der Waals surface area contributed by atoms with Gasteiger partial charge in [0.2, 0.25) is 12.0 Å². The number of rotatable bonds is 7. The molecule has 3 atom stereocenters. The van der Waals surface area contributed by atoms with Crippen molar-refractivity contribution >= 4 is 23.4 Å². The first-order valence-corrected chi connectivity index (χ1v) is 11.9. The molecule has 0 aromatic heterocycles. The molecule has 1 aromatic carbocycles. The van der Waals surface area contributed by atoms with Gasteiger partial charge >= 0.3 is 0 Å². The van der Waals surface area contributed by atoms with Crippen LogP contribution in [0.5, 0.6) is 5.75 Å². The molecule has 3 amide bonds. The summed E-state index contributed by atoms with van der Waals surface area (Å²) in [6.07, 6.45) is 2.41. The standard InChI is InChI=1S/C24H34N4O5/c1-4-22(29)26-8-9-27-19-12-18-16(11-20(19)33-21(14-32-3)24(27)31)10-15(2)28(23(18)30)17-6-5-7-25-13-17/h11-12,15,17,21,25H,4-10,13-14H2,1-3H3,(H,26,29). The van der Waals surface area contributed by atoms with E-state index in [1.165, 1.54) is 7.11 Å². The summed E-state index contributed by atoms with van der Waals surface area (Å²) in [5.74, 6) is 0.270. The smallest absolute Gasteiger partial charge is 0.270 e. The molecule has 9 nitrogen and oxygen atoms in total. The lowest BCUT2D eigenvalue weighted by atomic mass is 9.90. The van der Waals surface area contributed by atoms with Gasteiger partial charge in [-0.3, -0.25) is 14.4 Å². The Labute approximate surface area is 194 Å². The first kappa shape index (κ1) is 23.5. The summed E-state index contributed by atoms with van der Waals surface area (Å²) in [6.45, 7) is 6.41. The number of benzene rings is 1. The van der Waals surface area contributed by atoms with Crippen LogP contribution in [0, 0.1) is 0 Å². The van der Waals surface area contributed by atoms with E-state index in [0.717, 1.165) is 37.9 Å². The molecule has 0 radical (unpaired) electrons. The van der Waals surface area contributed by atoms with Crippen molar-refractivity contribution in [2.45, 2.75) is 57.7 Å². The number of carbonyl (C=O) groups is 3. The number of piperidine rings is 1. The summed E-state index contributed by atoms with van der Waals surface area (Å²) in [7, 11) is 1.53. The van der Waals surface area contributed by atoms with E-state index in [4.69, 9.17) is 9.47 Å². The molecule has 3 aliphatic rings. The second kappa shape index (κ2) is 10.1. The topological polar surface area (TPSA) is 100 Å². The summed E-state index contributed by atoms with van der Waals surface area (Å²) < 4.78 is 11.2. The van der Waals surface area contributed by atoms with Crippen molar-refractivity contribution in [3.05, 3.63) is 23.3 Å². The van der Waals surface area contributed by atoms with Crippen LogP contribution in [0.15, 0.2) is 12.1 Å². The third-order valence-corrected chi connectivity index (χ3v) is 6.70. The molecule has 3 aliphatic heterocycles. The molecule has 0 spiro atoms. The van der Waals surface area contributed by atoms with Crippen LogP contribution in [-0.4, -0.2) is 80.7 Å². The SMILES string of the molecule is CCC(=O)NCCN1C(=O)C(COC)Oc2cc3c(cc21)C(=O)N(C1CCCNC1)C(C)C3. The van der Waals surface area contributed by atoms with E-state index in [1.54, 1.807) is 17.9 Å². The zero-order chi connectivity index (χ0) is 23.5. The molecule has 2 N–H and O–H groups in total. The Morgan fingerprint density at radius 1 is 1.33 bits per heavy atom. The van der Waals surface area contributed by atoms with E-state index in [2.05, 4.69) is 17.6 Å². The first-order chi connectivity index (χ1) is 15.9. The second-order valence-corrected chi connectivity index (χ2v) is 9.00. The van der Waals surface area contributed by atoms with E-state index in [0.29, 0.717) is 36.5 Å². The fraction of sp³-hybridized carbons (Fsp3) is 0.625. The number of nitrogens with one attached hydrogen (secondary N) is 2. The summed E-state index contributed by atoms with van der Waals surface area (Å²) in [5, 5.41) is 6.22. The fourth-order valence-corrected chi connectivity index (χ4v) is 5.05. The Morgan fingerprint density at radius 3 is 2.85 bits per heavy atom. The molecule has 4 rings (SSSR count). The van der Waals surface area contributed by atoms with Gasteiger partial charge in [0.05, 0.1) is 12.3 Å². The van der Waals surface area contributed by atoms with Crippen LogP contribution in [0.25, 0.3) is 0 Å². The van der Waals surface area contributed by atoms with Crippen molar-refractivity contribution in [3.8, 4) is 5.75 Å². The largest absolute Gasteiger partial charge is 0.476 e. The highest BCUT2D eigenvalue weighted by Crippen LogP contribution is 2.39. The quantitative estimate of drug-likeness (QED) is 0.635. The lowest BCUT2D eigenvalue weighted by Crippen LogP contribution is -2.55. The molecule has 0 aliphatic carbocycles. The maximum atomic E-state index is 13.6. The minimum Gasteiger partial charge on any atom is -0.476 e. The number of nitrogens with zero attached hydrogens (tertiary/aromatic N) is 2.